The fourth-order valence-electron chi connectivity index (χ4n) is 2.39. The predicted octanol–water partition coefficient (Wildman–Crippen LogP) is 2.43. The van der Waals surface area contributed by atoms with E-state index in [4.69, 9.17) is 4.74 Å². The summed E-state index contributed by atoms with van der Waals surface area (Å²) in [5.41, 5.74) is 1.89. The van der Waals surface area contributed by atoms with Gasteiger partial charge in [0.25, 0.3) is 0 Å². The number of nitrogens with one attached hydrogen (secondary N) is 1. The molecule has 0 amide bonds. The Morgan fingerprint density at radius 2 is 2.28 bits per heavy atom. The highest BCUT2D eigenvalue weighted by Crippen LogP contribution is 2.36. The van der Waals surface area contributed by atoms with Crippen molar-refractivity contribution in [3.8, 4) is 5.75 Å². The number of ether oxygens (including phenoxy) is 1. The van der Waals surface area contributed by atoms with Gasteiger partial charge in [-0.05, 0) is 50.4 Å². The van der Waals surface area contributed by atoms with E-state index >= 15 is 0 Å². The Balaban J connectivity index is 2.14. The monoisotopic (exact) mass is 249 g/mol. The van der Waals surface area contributed by atoms with Crippen LogP contribution in [0.3, 0.4) is 0 Å². The topological polar surface area (TPSA) is 41.5 Å². The highest BCUT2D eigenvalue weighted by molar-refractivity contribution is 5.45. The van der Waals surface area contributed by atoms with E-state index in [2.05, 4.69) is 11.4 Å². The minimum atomic E-state index is -0.746. The lowest BCUT2D eigenvalue weighted by Gasteiger charge is -2.22. The van der Waals surface area contributed by atoms with E-state index in [1.54, 1.807) is 0 Å². The second kappa shape index (κ2) is 5.29. The van der Waals surface area contributed by atoms with Crippen LogP contribution in [0.15, 0.2) is 18.2 Å². The van der Waals surface area contributed by atoms with Gasteiger partial charge in [-0.2, -0.15) is 0 Å². The molecule has 0 radical (unpaired) electrons. The summed E-state index contributed by atoms with van der Waals surface area (Å²) in [7, 11) is 2.00. The molecule has 1 aromatic carbocycles. The standard InChI is InChI=1S/C15H23NO2/c1-4-15(2,17)10-18-14-7-5-6-11-12(14)8-9-13(11)16-3/h5-7,13,16-17H,4,8-10H2,1-3H3. The largest absolute Gasteiger partial charge is 0.490 e. The van der Waals surface area contributed by atoms with Crippen LogP contribution < -0.4 is 10.1 Å². The highest BCUT2D eigenvalue weighted by atomic mass is 16.5. The lowest BCUT2D eigenvalue weighted by atomic mass is 10.1. The molecule has 2 N–H and O–H groups in total. The molecule has 0 aromatic heterocycles. The number of fused-ring (bicyclic) bond motifs is 1. The van der Waals surface area contributed by atoms with Crippen LogP contribution in [0.25, 0.3) is 0 Å². The van der Waals surface area contributed by atoms with Gasteiger partial charge in [-0.25, -0.2) is 0 Å². The SMILES string of the molecule is CCC(C)(O)COc1cccc2c1CCC2NC. The van der Waals surface area contributed by atoms with Gasteiger partial charge in [-0.15, -0.1) is 0 Å². The van der Waals surface area contributed by atoms with Gasteiger partial charge in [0.1, 0.15) is 12.4 Å². The highest BCUT2D eigenvalue weighted by Gasteiger charge is 2.25. The van der Waals surface area contributed by atoms with Crippen molar-refractivity contribution >= 4 is 0 Å². The molecule has 1 aliphatic rings. The van der Waals surface area contributed by atoms with Crippen molar-refractivity contribution in [2.75, 3.05) is 13.7 Å². The molecule has 100 valence electrons. The van der Waals surface area contributed by atoms with Gasteiger partial charge in [-0.3, -0.25) is 0 Å². The molecule has 0 saturated heterocycles. The molecule has 0 heterocycles. The maximum absolute atomic E-state index is 9.99. The van der Waals surface area contributed by atoms with Crippen molar-refractivity contribution < 1.29 is 9.84 Å². The average molecular weight is 249 g/mol. The molecule has 2 unspecified atom stereocenters. The van der Waals surface area contributed by atoms with Gasteiger partial charge in [0.05, 0.1) is 5.60 Å². The molecule has 3 nitrogen and oxygen atoms in total. The molecule has 2 atom stereocenters. The van der Waals surface area contributed by atoms with Gasteiger partial charge in [0.2, 0.25) is 0 Å². The Kier molecular flexibility index (Phi) is 3.93. The number of hydrogen-bond acceptors (Lipinski definition) is 3. The van der Waals surface area contributed by atoms with E-state index < -0.39 is 5.60 Å². The Hall–Kier alpha value is -1.06. The van der Waals surface area contributed by atoms with E-state index in [1.807, 2.05) is 33.0 Å². The summed E-state index contributed by atoms with van der Waals surface area (Å²) < 4.78 is 5.82. The van der Waals surface area contributed by atoms with Crippen LogP contribution >= 0.6 is 0 Å². The fraction of sp³-hybridized carbons (Fsp3) is 0.600. The smallest absolute Gasteiger partial charge is 0.122 e. The van der Waals surface area contributed by atoms with Crippen LogP contribution in [0.2, 0.25) is 0 Å². The summed E-state index contributed by atoms with van der Waals surface area (Å²) in [6.07, 6.45) is 2.86. The molecule has 3 heteroatoms. The van der Waals surface area contributed by atoms with E-state index in [9.17, 15) is 5.11 Å². The van der Waals surface area contributed by atoms with Crippen molar-refractivity contribution in [2.45, 2.75) is 44.8 Å². The molecule has 0 saturated carbocycles. The van der Waals surface area contributed by atoms with Crippen LogP contribution in [0.5, 0.6) is 5.75 Å². The van der Waals surface area contributed by atoms with Crippen molar-refractivity contribution in [2.24, 2.45) is 0 Å². The van der Waals surface area contributed by atoms with Gasteiger partial charge in [0.15, 0.2) is 0 Å². The molecule has 0 aliphatic heterocycles. The summed E-state index contributed by atoms with van der Waals surface area (Å²) in [5, 5.41) is 13.3. The first-order valence-corrected chi connectivity index (χ1v) is 6.71. The number of aliphatic hydroxyl groups is 1. The number of hydrogen-bond donors (Lipinski definition) is 2. The van der Waals surface area contributed by atoms with E-state index in [-0.39, 0.29) is 0 Å². The second-order valence-corrected chi connectivity index (χ2v) is 5.34. The molecular weight excluding hydrogens is 226 g/mol. The zero-order chi connectivity index (χ0) is 13.2. The van der Waals surface area contributed by atoms with Gasteiger partial charge in [-0.1, -0.05) is 19.1 Å². The molecule has 2 rings (SSSR count). The van der Waals surface area contributed by atoms with Crippen molar-refractivity contribution in [3.05, 3.63) is 29.3 Å². The van der Waals surface area contributed by atoms with Crippen LogP contribution in [0.4, 0.5) is 0 Å². The van der Waals surface area contributed by atoms with Crippen molar-refractivity contribution in [1.82, 2.24) is 5.32 Å². The third-order valence-electron chi connectivity index (χ3n) is 3.88. The quantitative estimate of drug-likeness (QED) is 0.842. The van der Waals surface area contributed by atoms with E-state index in [0.29, 0.717) is 19.1 Å². The third-order valence-corrected chi connectivity index (χ3v) is 3.88. The summed E-state index contributed by atoms with van der Waals surface area (Å²) in [6.45, 7) is 4.13. The Morgan fingerprint density at radius 1 is 1.50 bits per heavy atom. The first-order chi connectivity index (χ1) is 8.57. The minimum absolute atomic E-state index is 0.351. The van der Waals surface area contributed by atoms with Gasteiger partial charge in [0, 0.05) is 6.04 Å². The zero-order valence-corrected chi connectivity index (χ0v) is 11.5. The van der Waals surface area contributed by atoms with Crippen molar-refractivity contribution in [3.63, 3.8) is 0 Å². The molecule has 0 fully saturated rings. The second-order valence-electron chi connectivity index (χ2n) is 5.34. The molecular formula is C15H23NO2. The first-order valence-electron chi connectivity index (χ1n) is 6.71. The minimum Gasteiger partial charge on any atom is -0.490 e. The Labute approximate surface area is 109 Å². The molecule has 1 aromatic rings. The Bertz CT molecular complexity index is 415. The molecule has 18 heavy (non-hydrogen) atoms. The van der Waals surface area contributed by atoms with E-state index in [1.165, 1.54) is 11.1 Å². The van der Waals surface area contributed by atoms with E-state index in [0.717, 1.165) is 18.6 Å². The molecule has 0 spiro atoms. The first kappa shape index (κ1) is 13.4. The van der Waals surface area contributed by atoms with Crippen LogP contribution in [0, 0.1) is 0 Å². The maximum atomic E-state index is 9.99. The zero-order valence-electron chi connectivity index (χ0n) is 11.5. The lowest BCUT2D eigenvalue weighted by Crippen LogP contribution is -2.31. The number of benzene rings is 1. The van der Waals surface area contributed by atoms with Crippen LogP contribution in [0.1, 0.15) is 43.9 Å². The third kappa shape index (κ3) is 2.68. The summed E-state index contributed by atoms with van der Waals surface area (Å²) in [4.78, 5) is 0. The molecule has 1 aliphatic carbocycles. The number of rotatable bonds is 5. The van der Waals surface area contributed by atoms with Crippen molar-refractivity contribution in [1.29, 1.82) is 0 Å². The van der Waals surface area contributed by atoms with Crippen LogP contribution in [-0.2, 0) is 6.42 Å². The lowest BCUT2D eigenvalue weighted by molar-refractivity contribution is 0.00821. The summed E-state index contributed by atoms with van der Waals surface area (Å²) in [5.74, 6) is 0.930. The van der Waals surface area contributed by atoms with Crippen LogP contribution in [-0.4, -0.2) is 24.4 Å². The Morgan fingerprint density at radius 3 is 2.94 bits per heavy atom. The van der Waals surface area contributed by atoms with Gasteiger partial charge >= 0.3 is 0 Å². The molecule has 0 bridgehead atoms. The average Bonchev–Trinajstić information content (AvgIpc) is 2.80. The predicted molar refractivity (Wildman–Crippen MR) is 73.0 cm³/mol. The normalized spacial score (nSPS) is 21.4. The maximum Gasteiger partial charge on any atom is 0.122 e. The summed E-state index contributed by atoms with van der Waals surface area (Å²) in [6, 6.07) is 6.64. The fourth-order valence-corrected chi connectivity index (χ4v) is 2.39. The summed E-state index contributed by atoms with van der Waals surface area (Å²) >= 11 is 0. The van der Waals surface area contributed by atoms with Gasteiger partial charge < -0.3 is 15.2 Å².